The lowest BCUT2D eigenvalue weighted by Crippen LogP contribution is -2.15. The molecule has 0 radical (unpaired) electrons. The fourth-order valence-corrected chi connectivity index (χ4v) is 2.06. The van der Waals surface area contributed by atoms with Gasteiger partial charge in [0.25, 0.3) is 0 Å². The van der Waals surface area contributed by atoms with Crippen LogP contribution in [-0.2, 0) is 5.41 Å². The zero-order valence-corrected chi connectivity index (χ0v) is 12.7. The van der Waals surface area contributed by atoms with Gasteiger partial charge in [0.2, 0.25) is 0 Å². The summed E-state index contributed by atoms with van der Waals surface area (Å²) < 4.78 is 41.0. The molecule has 1 heterocycles. The van der Waals surface area contributed by atoms with Gasteiger partial charge in [0.05, 0.1) is 0 Å². The summed E-state index contributed by atoms with van der Waals surface area (Å²) in [6.45, 7) is 8.44. The van der Waals surface area contributed by atoms with Crippen molar-refractivity contribution in [3.05, 3.63) is 35.3 Å². The van der Waals surface area contributed by atoms with Gasteiger partial charge in [0.15, 0.2) is 17.5 Å². The Kier molecular flexibility index (Phi) is 4.12. The molecule has 0 atom stereocenters. The second-order valence-corrected chi connectivity index (χ2v) is 6.11. The SMILES string of the molecule is CCCNc1cc(C(C)(C)C)nc2c(F)c(F)c(F)cc12. The quantitative estimate of drug-likeness (QED) is 0.825. The number of anilines is 1. The maximum Gasteiger partial charge on any atom is 0.196 e. The van der Waals surface area contributed by atoms with E-state index in [2.05, 4.69) is 10.3 Å². The van der Waals surface area contributed by atoms with Gasteiger partial charge in [-0.2, -0.15) is 0 Å². The summed E-state index contributed by atoms with van der Waals surface area (Å²) in [6.07, 6.45) is 0.862. The van der Waals surface area contributed by atoms with Crippen molar-refractivity contribution in [2.75, 3.05) is 11.9 Å². The van der Waals surface area contributed by atoms with Gasteiger partial charge < -0.3 is 5.32 Å². The first kappa shape index (κ1) is 15.6. The third-order valence-corrected chi connectivity index (χ3v) is 3.27. The van der Waals surface area contributed by atoms with Gasteiger partial charge in [0, 0.05) is 28.7 Å². The van der Waals surface area contributed by atoms with E-state index in [1.54, 1.807) is 6.07 Å². The van der Waals surface area contributed by atoms with E-state index in [-0.39, 0.29) is 16.3 Å². The second-order valence-electron chi connectivity index (χ2n) is 6.11. The van der Waals surface area contributed by atoms with Crippen LogP contribution in [0, 0.1) is 17.5 Å². The molecule has 0 fully saturated rings. The lowest BCUT2D eigenvalue weighted by atomic mass is 9.90. The molecule has 0 aliphatic carbocycles. The molecule has 0 saturated carbocycles. The number of rotatable bonds is 3. The number of hydrogen-bond donors (Lipinski definition) is 1. The van der Waals surface area contributed by atoms with Crippen LogP contribution in [0.3, 0.4) is 0 Å². The monoisotopic (exact) mass is 296 g/mol. The molecule has 2 rings (SSSR count). The van der Waals surface area contributed by atoms with Gasteiger partial charge in [-0.05, 0) is 18.6 Å². The summed E-state index contributed by atoms with van der Waals surface area (Å²) >= 11 is 0. The number of pyridine rings is 1. The number of hydrogen-bond acceptors (Lipinski definition) is 2. The van der Waals surface area contributed by atoms with Crippen LogP contribution < -0.4 is 5.32 Å². The van der Waals surface area contributed by atoms with Crippen LogP contribution in [0.25, 0.3) is 10.9 Å². The minimum Gasteiger partial charge on any atom is -0.384 e. The van der Waals surface area contributed by atoms with Crippen molar-refractivity contribution in [3.8, 4) is 0 Å². The highest BCUT2D eigenvalue weighted by molar-refractivity contribution is 5.92. The van der Waals surface area contributed by atoms with E-state index in [9.17, 15) is 13.2 Å². The zero-order valence-electron chi connectivity index (χ0n) is 12.7. The van der Waals surface area contributed by atoms with Crippen molar-refractivity contribution in [2.24, 2.45) is 0 Å². The third kappa shape index (κ3) is 2.96. The first-order chi connectivity index (χ1) is 9.75. The number of nitrogens with zero attached hydrogens (tertiary/aromatic N) is 1. The minimum absolute atomic E-state index is 0.139. The van der Waals surface area contributed by atoms with Crippen molar-refractivity contribution in [1.82, 2.24) is 4.98 Å². The highest BCUT2D eigenvalue weighted by Crippen LogP contribution is 2.32. The Morgan fingerprint density at radius 1 is 1.10 bits per heavy atom. The number of fused-ring (bicyclic) bond motifs is 1. The Balaban J connectivity index is 2.78. The van der Waals surface area contributed by atoms with E-state index < -0.39 is 17.5 Å². The summed E-state index contributed by atoms with van der Waals surface area (Å²) in [5.41, 5.74) is 0.733. The summed E-state index contributed by atoms with van der Waals surface area (Å²) in [7, 11) is 0. The molecule has 2 nitrogen and oxygen atoms in total. The van der Waals surface area contributed by atoms with Crippen LogP contribution in [0.15, 0.2) is 12.1 Å². The van der Waals surface area contributed by atoms with Crippen LogP contribution in [0.1, 0.15) is 39.8 Å². The first-order valence-electron chi connectivity index (χ1n) is 6.98. The van der Waals surface area contributed by atoms with E-state index in [1.807, 2.05) is 27.7 Å². The van der Waals surface area contributed by atoms with Crippen LogP contribution in [0.4, 0.5) is 18.9 Å². The zero-order chi connectivity index (χ0) is 15.8. The average molecular weight is 296 g/mol. The molecule has 0 spiro atoms. The second kappa shape index (κ2) is 5.54. The van der Waals surface area contributed by atoms with E-state index >= 15 is 0 Å². The molecule has 114 valence electrons. The van der Waals surface area contributed by atoms with Crippen molar-refractivity contribution in [3.63, 3.8) is 0 Å². The van der Waals surface area contributed by atoms with Crippen LogP contribution >= 0.6 is 0 Å². The standard InChI is InChI=1S/C16H19F3N2/c1-5-6-20-11-8-12(16(2,3)4)21-15-9(11)7-10(17)13(18)14(15)19/h7-8H,5-6H2,1-4H3,(H,20,21). The predicted molar refractivity (Wildman–Crippen MR) is 79.1 cm³/mol. The Morgan fingerprint density at radius 3 is 2.33 bits per heavy atom. The molecule has 0 saturated heterocycles. The number of nitrogens with one attached hydrogen (secondary N) is 1. The van der Waals surface area contributed by atoms with E-state index in [1.165, 1.54) is 0 Å². The van der Waals surface area contributed by atoms with Gasteiger partial charge in [-0.3, -0.25) is 0 Å². The Bertz CT molecular complexity index is 676. The number of aromatic nitrogens is 1. The topological polar surface area (TPSA) is 24.9 Å². The van der Waals surface area contributed by atoms with Gasteiger partial charge in [-0.25, -0.2) is 18.2 Å². The summed E-state index contributed by atoms with van der Waals surface area (Å²) in [5, 5.41) is 3.39. The van der Waals surface area contributed by atoms with Gasteiger partial charge in [-0.1, -0.05) is 27.7 Å². The number of halogens is 3. The molecule has 0 unspecified atom stereocenters. The van der Waals surface area contributed by atoms with Gasteiger partial charge in [-0.15, -0.1) is 0 Å². The van der Waals surface area contributed by atoms with Crippen molar-refractivity contribution >= 4 is 16.6 Å². The molecule has 0 aliphatic rings. The highest BCUT2D eigenvalue weighted by Gasteiger charge is 2.22. The van der Waals surface area contributed by atoms with Crippen molar-refractivity contribution in [2.45, 2.75) is 39.5 Å². The van der Waals surface area contributed by atoms with E-state index in [0.29, 0.717) is 17.9 Å². The third-order valence-electron chi connectivity index (χ3n) is 3.27. The van der Waals surface area contributed by atoms with Crippen LogP contribution in [-0.4, -0.2) is 11.5 Å². The summed E-state index contributed by atoms with van der Waals surface area (Å²) in [4.78, 5) is 4.20. The summed E-state index contributed by atoms with van der Waals surface area (Å²) in [6, 6.07) is 2.76. The van der Waals surface area contributed by atoms with E-state index in [4.69, 9.17) is 0 Å². The summed E-state index contributed by atoms with van der Waals surface area (Å²) in [5.74, 6) is -3.93. The normalized spacial score (nSPS) is 12.0. The van der Waals surface area contributed by atoms with Crippen molar-refractivity contribution < 1.29 is 13.2 Å². The molecule has 1 aromatic heterocycles. The smallest absolute Gasteiger partial charge is 0.196 e. The Hall–Kier alpha value is -1.78. The lowest BCUT2D eigenvalue weighted by molar-refractivity contribution is 0.452. The lowest BCUT2D eigenvalue weighted by Gasteiger charge is -2.21. The van der Waals surface area contributed by atoms with Gasteiger partial charge >= 0.3 is 0 Å². The predicted octanol–water partition coefficient (Wildman–Crippen LogP) is 4.77. The van der Waals surface area contributed by atoms with E-state index in [0.717, 1.165) is 12.5 Å². The molecule has 2 aromatic rings. The molecule has 0 aliphatic heterocycles. The largest absolute Gasteiger partial charge is 0.384 e. The molecule has 0 bridgehead atoms. The molecule has 5 heteroatoms. The number of benzene rings is 1. The molecule has 0 amide bonds. The molecule has 1 N–H and O–H groups in total. The minimum atomic E-state index is -1.48. The fraction of sp³-hybridized carbons (Fsp3) is 0.438. The molecular formula is C16H19F3N2. The molecule has 1 aromatic carbocycles. The maximum atomic E-state index is 14.0. The average Bonchev–Trinajstić information content (AvgIpc) is 2.41. The molecular weight excluding hydrogens is 277 g/mol. The van der Waals surface area contributed by atoms with Crippen molar-refractivity contribution in [1.29, 1.82) is 0 Å². The fourth-order valence-electron chi connectivity index (χ4n) is 2.06. The molecule has 21 heavy (non-hydrogen) atoms. The maximum absolute atomic E-state index is 14.0. The Labute approximate surface area is 122 Å². The van der Waals surface area contributed by atoms with Crippen LogP contribution in [0.5, 0.6) is 0 Å². The van der Waals surface area contributed by atoms with Gasteiger partial charge in [0.1, 0.15) is 5.52 Å². The highest BCUT2D eigenvalue weighted by atomic mass is 19.2. The Morgan fingerprint density at radius 2 is 1.76 bits per heavy atom. The first-order valence-corrected chi connectivity index (χ1v) is 6.98. The van der Waals surface area contributed by atoms with Crippen LogP contribution in [0.2, 0.25) is 0 Å².